The molecule has 134 valence electrons. The highest BCUT2D eigenvalue weighted by atomic mass is 16.5. The average Bonchev–Trinajstić information content (AvgIpc) is 3.21. The van der Waals surface area contributed by atoms with Gasteiger partial charge in [0.05, 0.1) is 12.5 Å². The summed E-state index contributed by atoms with van der Waals surface area (Å²) in [6, 6.07) is 6.46. The number of ether oxygens (including phenoxy) is 1. The van der Waals surface area contributed by atoms with Crippen LogP contribution in [0.5, 0.6) is 5.75 Å². The van der Waals surface area contributed by atoms with Crippen molar-refractivity contribution < 1.29 is 14.3 Å². The highest BCUT2D eigenvalue weighted by Gasteiger charge is 2.35. The van der Waals surface area contributed by atoms with Crippen molar-refractivity contribution >= 4 is 11.8 Å². The van der Waals surface area contributed by atoms with Gasteiger partial charge in [0.25, 0.3) is 0 Å². The van der Waals surface area contributed by atoms with E-state index in [2.05, 4.69) is 23.1 Å². The standard InChI is InChI=1S/C19H25N3O3/c1-20-13-16(11-18(20)23)19(24)22-7-5-21(6-8-22)12-14-2-3-17-15(10-14)4-9-25-17/h2-3,10,16H,4-9,11-13H2,1H3/t16-/m0/s1. The minimum Gasteiger partial charge on any atom is -0.493 e. The first kappa shape index (κ1) is 16.4. The van der Waals surface area contributed by atoms with E-state index < -0.39 is 0 Å². The lowest BCUT2D eigenvalue weighted by molar-refractivity contribution is -0.137. The molecule has 2 amide bonds. The smallest absolute Gasteiger partial charge is 0.228 e. The van der Waals surface area contributed by atoms with Crippen molar-refractivity contribution in [2.75, 3.05) is 46.4 Å². The molecule has 0 bridgehead atoms. The fourth-order valence-electron chi connectivity index (χ4n) is 4.01. The maximum Gasteiger partial charge on any atom is 0.228 e. The van der Waals surface area contributed by atoms with Crippen LogP contribution in [0.1, 0.15) is 17.5 Å². The number of nitrogens with zero attached hydrogens (tertiary/aromatic N) is 3. The quantitative estimate of drug-likeness (QED) is 0.813. The number of benzene rings is 1. The summed E-state index contributed by atoms with van der Waals surface area (Å²) in [7, 11) is 1.77. The number of carbonyl (C=O) groups excluding carboxylic acids is 2. The molecule has 3 aliphatic heterocycles. The number of likely N-dealkylation sites (tertiary alicyclic amines) is 1. The SMILES string of the molecule is CN1C[C@@H](C(=O)N2CCN(Cc3ccc4c(c3)CCO4)CC2)CC1=O. The molecule has 2 saturated heterocycles. The fraction of sp³-hybridized carbons (Fsp3) is 0.579. The molecule has 25 heavy (non-hydrogen) atoms. The maximum atomic E-state index is 12.6. The Morgan fingerprint density at radius 3 is 2.76 bits per heavy atom. The number of carbonyl (C=O) groups is 2. The van der Waals surface area contributed by atoms with Crippen LogP contribution in [0, 0.1) is 5.92 Å². The van der Waals surface area contributed by atoms with Gasteiger partial charge >= 0.3 is 0 Å². The fourth-order valence-corrected chi connectivity index (χ4v) is 4.01. The second kappa shape index (κ2) is 6.67. The second-order valence-electron chi connectivity index (χ2n) is 7.32. The van der Waals surface area contributed by atoms with Gasteiger partial charge in [-0.3, -0.25) is 14.5 Å². The van der Waals surface area contributed by atoms with Gasteiger partial charge in [-0.2, -0.15) is 0 Å². The van der Waals surface area contributed by atoms with Crippen LogP contribution in [0.3, 0.4) is 0 Å². The lowest BCUT2D eigenvalue weighted by Crippen LogP contribution is -2.50. The van der Waals surface area contributed by atoms with Gasteiger partial charge in [-0.05, 0) is 17.2 Å². The summed E-state index contributed by atoms with van der Waals surface area (Å²) in [5, 5.41) is 0. The Balaban J connectivity index is 1.30. The Labute approximate surface area is 148 Å². The number of fused-ring (bicyclic) bond motifs is 1. The minimum atomic E-state index is -0.152. The monoisotopic (exact) mass is 343 g/mol. The molecule has 0 unspecified atom stereocenters. The molecule has 0 N–H and O–H groups in total. The first-order valence-electron chi connectivity index (χ1n) is 9.10. The number of rotatable bonds is 3. The number of hydrogen-bond donors (Lipinski definition) is 0. The lowest BCUT2D eigenvalue weighted by Gasteiger charge is -2.36. The molecular weight excluding hydrogens is 318 g/mol. The Bertz CT molecular complexity index is 682. The molecule has 1 aromatic rings. The average molecular weight is 343 g/mol. The van der Waals surface area contributed by atoms with E-state index in [-0.39, 0.29) is 17.7 Å². The van der Waals surface area contributed by atoms with Crippen molar-refractivity contribution in [1.82, 2.24) is 14.7 Å². The molecule has 2 fully saturated rings. The van der Waals surface area contributed by atoms with E-state index in [1.54, 1.807) is 11.9 Å². The summed E-state index contributed by atoms with van der Waals surface area (Å²) in [5.41, 5.74) is 2.62. The van der Waals surface area contributed by atoms with E-state index in [9.17, 15) is 9.59 Å². The Morgan fingerprint density at radius 1 is 1.24 bits per heavy atom. The summed E-state index contributed by atoms with van der Waals surface area (Å²) in [6.07, 6.45) is 1.37. The van der Waals surface area contributed by atoms with E-state index in [0.29, 0.717) is 13.0 Å². The van der Waals surface area contributed by atoms with Gasteiger partial charge in [-0.15, -0.1) is 0 Å². The first-order chi connectivity index (χ1) is 12.1. The lowest BCUT2D eigenvalue weighted by atomic mass is 10.1. The zero-order valence-electron chi connectivity index (χ0n) is 14.7. The summed E-state index contributed by atoms with van der Waals surface area (Å²) in [5.74, 6) is 1.10. The number of hydrogen-bond acceptors (Lipinski definition) is 4. The molecule has 6 heteroatoms. The summed E-state index contributed by atoms with van der Waals surface area (Å²) in [6.45, 7) is 5.54. The molecule has 6 nitrogen and oxygen atoms in total. The molecule has 0 spiro atoms. The van der Waals surface area contributed by atoms with Crippen molar-refractivity contribution in [2.45, 2.75) is 19.4 Å². The van der Waals surface area contributed by atoms with Crippen LogP contribution in [-0.4, -0.2) is 72.9 Å². The van der Waals surface area contributed by atoms with Crippen LogP contribution in [0.25, 0.3) is 0 Å². The van der Waals surface area contributed by atoms with E-state index in [1.807, 2.05) is 4.90 Å². The topological polar surface area (TPSA) is 53.1 Å². The highest BCUT2D eigenvalue weighted by Crippen LogP contribution is 2.26. The van der Waals surface area contributed by atoms with Crippen molar-refractivity contribution in [3.05, 3.63) is 29.3 Å². The summed E-state index contributed by atoms with van der Waals surface area (Å²) in [4.78, 5) is 30.2. The van der Waals surface area contributed by atoms with Crippen LogP contribution >= 0.6 is 0 Å². The van der Waals surface area contributed by atoms with Gasteiger partial charge < -0.3 is 14.5 Å². The van der Waals surface area contributed by atoms with E-state index in [4.69, 9.17) is 4.74 Å². The van der Waals surface area contributed by atoms with Crippen LogP contribution in [0.15, 0.2) is 18.2 Å². The molecule has 0 saturated carbocycles. The van der Waals surface area contributed by atoms with E-state index in [0.717, 1.165) is 51.5 Å². The Morgan fingerprint density at radius 2 is 2.04 bits per heavy atom. The van der Waals surface area contributed by atoms with Gasteiger partial charge in [0.15, 0.2) is 0 Å². The molecule has 1 atom stereocenters. The molecule has 3 heterocycles. The summed E-state index contributed by atoms with van der Waals surface area (Å²) < 4.78 is 5.56. The predicted octanol–water partition coefficient (Wildman–Crippen LogP) is 0.744. The highest BCUT2D eigenvalue weighted by molar-refractivity contribution is 5.89. The molecule has 1 aromatic carbocycles. The van der Waals surface area contributed by atoms with Gasteiger partial charge in [-0.1, -0.05) is 12.1 Å². The van der Waals surface area contributed by atoms with E-state index in [1.165, 1.54) is 11.1 Å². The zero-order valence-corrected chi connectivity index (χ0v) is 14.7. The van der Waals surface area contributed by atoms with Gasteiger partial charge in [0.1, 0.15) is 5.75 Å². The third-order valence-electron chi connectivity index (χ3n) is 5.53. The zero-order chi connectivity index (χ0) is 17.4. The van der Waals surface area contributed by atoms with Crippen LogP contribution < -0.4 is 4.74 Å². The van der Waals surface area contributed by atoms with Crippen molar-refractivity contribution in [2.24, 2.45) is 5.92 Å². The largest absolute Gasteiger partial charge is 0.493 e. The molecule has 4 rings (SSSR count). The van der Waals surface area contributed by atoms with Crippen LogP contribution in [-0.2, 0) is 22.6 Å². The molecule has 0 aliphatic carbocycles. The molecule has 0 aromatic heterocycles. The van der Waals surface area contributed by atoms with Crippen molar-refractivity contribution in [3.8, 4) is 5.75 Å². The Hall–Kier alpha value is -2.08. The van der Waals surface area contributed by atoms with Crippen LogP contribution in [0.2, 0.25) is 0 Å². The van der Waals surface area contributed by atoms with Crippen LogP contribution in [0.4, 0.5) is 0 Å². The van der Waals surface area contributed by atoms with Gasteiger partial charge in [0.2, 0.25) is 11.8 Å². The third kappa shape index (κ3) is 3.35. The summed E-state index contributed by atoms with van der Waals surface area (Å²) >= 11 is 0. The molecule has 3 aliphatic rings. The predicted molar refractivity (Wildman–Crippen MR) is 93.2 cm³/mol. The van der Waals surface area contributed by atoms with Crippen molar-refractivity contribution in [3.63, 3.8) is 0 Å². The normalized spacial score (nSPS) is 23.7. The van der Waals surface area contributed by atoms with Gasteiger partial charge in [0, 0.05) is 59.2 Å². The first-order valence-corrected chi connectivity index (χ1v) is 9.10. The van der Waals surface area contributed by atoms with Gasteiger partial charge in [-0.25, -0.2) is 0 Å². The third-order valence-corrected chi connectivity index (χ3v) is 5.53. The Kier molecular flexibility index (Phi) is 4.37. The molecule has 0 radical (unpaired) electrons. The number of amides is 2. The van der Waals surface area contributed by atoms with E-state index >= 15 is 0 Å². The minimum absolute atomic E-state index is 0.0811. The van der Waals surface area contributed by atoms with Crippen molar-refractivity contribution in [1.29, 1.82) is 0 Å². The maximum absolute atomic E-state index is 12.6. The number of piperazine rings is 1. The second-order valence-corrected chi connectivity index (χ2v) is 7.32. The molecular formula is C19H25N3O3.